The lowest BCUT2D eigenvalue weighted by Gasteiger charge is -2.27. The molecule has 1 aromatic carbocycles. The molecule has 2 aromatic rings. The summed E-state index contributed by atoms with van der Waals surface area (Å²) < 4.78 is 38.7. The van der Waals surface area contributed by atoms with E-state index in [1.54, 1.807) is 17.4 Å². The molecule has 0 radical (unpaired) electrons. The lowest BCUT2D eigenvalue weighted by molar-refractivity contribution is 0.0682. The van der Waals surface area contributed by atoms with E-state index >= 15 is 0 Å². The average Bonchev–Trinajstić information content (AvgIpc) is 3.43. The highest BCUT2D eigenvalue weighted by Crippen LogP contribution is 2.22. The maximum absolute atomic E-state index is 13.0. The van der Waals surface area contributed by atoms with Crippen LogP contribution >= 0.6 is 11.3 Å². The van der Waals surface area contributed by atoms with Gasteiger partial charge in [0, 0.05) is 44.2 Å². The molecular weight excluding hydrogens is 408 g/mol. The van der Waals surface area contributed by atoms with Crippen LogP contribution in [0.2, 0.25) is 0 Å². The summed E-state index contributed by atoms with van der Waals surface area (Å²) in [5.74, 6) is 0. The molecular formula is C21H28N2O4S2. The molecule has 4 rings (SSSR count). The van der Waals surface area contributed by atoms with E-state index in [0.29, 0.717) is 37.7 Å². The highest BCUT2D eigenvalue weighted by atomic mass is 32.2. The molecule has 2 fully saturated rings. The van der Waals surface area contributed by atoms with Gasteiger partial charge < -0.3 is 9.47 Å². The van der Waals surface area contributed by atoms with Crippen LogP contribution in [0.4, 0.5) is 0 Å². The quantitative estimate of drug-likeness (QED) is 0.637. The number of hydrogen-bond acceptors (Lipinski definition) is 6. The first-order valence-corrected chi connectivity index (χ1v) is 12.5. The Hall–Kier alpha value is -1.29. The van der Waals surface area contributed by atoms with Crippen LogP contribution in [0.1, 0.15) is 23.3 Å². The van der Waals surface area contributed by atoms with Crippen LogP contribution in [-0.2, 0) is 32.6 Å². The van der Waals surface area contributed by atoms with Gasteiger partial charge in [0.15, 0.2) is 0 Å². The van der Waals surface area contributed by atoms with Crippen LogP contribution in [-0.4, -0.2) is 63.2 Å². The van der Waals surface area contributed by atoms with Crippen LogP contribution in [0, 0.1) is 0 Å². The highest BCUT2D eigenvalue weighted by molar-refractivity contribution is 7.89. The Bertz CT molecular complexity index is 874. The van der Waals surface area contributed by atoms with Crippen LogP contribution < -0.4 is 0 Å². The number of rotatable bonds is 8. The Labute approximate surface area is 177 Å². The maximum Gasteiger partial charge on any atom is 0.243 e. The van der Waals surface area contributed by atoms with E-state index in [4.69, 9.17) is 9.47 Å². The zero-order valence-corrected chi connectivity index (χ0v) is 18.2. The van der Waals surface area contributed by atoms with Crippen molar-refractivity contribution < 1.29 is 17.9 Å². The first-order chi connectivity index (χ1) is 14.1. The molecule has 0 unspecified atom stereocenters. The molecule has 29 heavy (non-hydrogen) atoms. The fourth-order valence-electron chi connectivity index (χ4n) is 3.88. The number of morpholine rings is 1. The van der Waals surface area contributed by atoms with Crippen molar-refractivity contribution in [2.24, 2.45) is 0 Å². The summed E-state index contributed by atoms with van der Waals surface area (Å²) >= 11 is 1.75. The van der Waals surface area contributed by atoms with E-state index in [9.17, 15) is 8.42 Å². The fourth-order valence-corrected chi connectivity index (χ4v) is 6.11. The Kier molecular flexibility index (Phi) is 7.00. The van der Waals surface area contributed by atoms with Crippen LogP contribution in [0.25, 0.3) is 0 Å². The first kappa shape index (κ1) is 21.0. The third-order valence-corrected chi connectivity index (χ3v) is 8.11. The van der Waals surface area contributed by atoms with E-state index < -0.39 is 10.0 Å². The summed E-state index contributed by atoms with van der Waals surface area (Å²) in [6, 6.07) is 11.6. The van der Waals surface area contributed by atoms with Gasteiger partial charge in [-0.05, 0) is 42.0 Å². The van der Waals surface area contributed by atoms with Crippen LogP contribution in [0.3, 0.4) is 0 Å². The molecule has 8 heteroatoms. The zero-order valence-electron chi connectivity index (χ0n) is 16.5. The smallest absolute Gasteiger partial charge is 0.243 e. The Morgan fingerprint density at radius 3 is 2.69 bits per heavy atom. The summed E-state index contributed by atoms with van der Waals surface area (Å²) in [5.41, 5.74) is 1.01. The first-order valence-electron chi connectivity index (χ1n) is 10.1. The molecule has 2 aliphatic rings. The van der Waals surface area contributed by atoms with Crippen LogP contribution in [0.15, 0.2) is 46.7 Å². The molecule has 0 N–H and O–H groups in total. The molecule has 158 valence electrons. The second kappa shape index (κ2) is 9.68. The lowest BCUT2D eigenvalue weighted by Crippen LogP contribution is -2.40. The molecule has 1 atom stereocenters. The van der Waals surface area contributed by atoms with Gasteiger partial charge in [0.1, 0.15) is 0 Å². The Morgan fingerprint density at radius 2 is 1.97 bits per heavy atom. The van der Waals surface area contributed by atoms with Gasteiger partial charge in [0.2, 0.25) is 10.0 Å². The van der Waals surface area contributed by atoms with Crippen LogP contribution in [0.5, 0.6) is 0 Å². The van der Waals surface area contributed by atoms with E-state index in [1.807, 2.05) is 18.2 Å². The monoisotopic (exact) mass is 436 g/mol. The predicted molar refractivity (Wildman–Crippen MR) is 113 cm³/mol. The number of sulfonamides is 1. The van der Waals surface area contributed by atoms with E-state index in [1.165, 1.54) is 9.18 Å². The summed E-state index contributed by atoms with van der Waals surface area (Å²) in [7, 11) is -3.48. The van der Waals surface area contributed by atoms with Gasteiger partial charge in [0.25, 0.3) is 0 Å². The molecule has 1 aromatic heterocycles. The largest absolute Gasteiger partial charge is 0.379 e. The van der Waals surface area contributed by atoms with Gasteiger partial charge in [0.05, 0.1) is 24.2 Å². The molecule has 2 saturated heterocycles. The molecule has 0 aliphatic carbocycles. The number of benzene rings is 1. The molecule has 0 spiro atoms. The molecule has 3 heterocycles. The minimum atomic E-state index is -3.48. The second-order valence-corrected chi connectivity index (χ2v) is 10.5. The molecule has 0 saturated carbocycles. The van der Waals surface area contributed by atoms with Gasteiger partial charge in [-0.3, -0.25) is 4.90 Å². The Balaban J connectivity index is 1.50. The summed E-state index contributed by atoms with van der Waals surface area (Å²) in [6.45, 7) is 4.97. The number of thiophene rings is 1. The van der Waals surface area contributed by atoms with Gasteiger partial charge >= 0.3 is 0 Å². The fraction of sp³-hybridized carbons (Fsp3) is 0.524. The molecule has 0 bridgehead atoms. The van der Waals surface area contributed by atoms with Crippen molar-refractivity contribution in [2.75, 3.05) is 39.5 Å². The number of nitrogens with zero attached hydrogens (tertiary/aromatic N) is 2. The topological polar surface area (TPSA) is 59.1 Å². The predicted octanol–water partition coefficient (Wildman–Crippen LogP) is 2.95. The summed E-state index contributed by atoms with van der Waals surface area (Å²) in [6.07, 6.45) is 2.47. The molecule has 6 nitrogen and oxygen atoms in total. The van der Waals surface area contributed by atoms with E-state index in [2.05, 4.69) is 22.4 Å². The second-order valence-electron chi connectivity index (χ2n) is 7.55. The van der Waals surface area contributed by atoms with Crippen molar-refractivity contribution in [2.45, 2.75) is 36.9 Å². The SMILES string of the molecule is O=S(=O)(c1cccc(CN(Cc2cccs2)C[C@@H]2CCCO2)c1)N1CCOCC1. The van der Waals surface area contributed by atoms with Gasteiger partial charge in [-0.25, -0.2) is 8.42 Å². The number of ether oxygens (including phenoxy) is 2. The number of hydrogen-bond donors (Lipinski definition) is 0. The van der Waals surface area contributed by atoms with Crippen molar-refractivity contribution in [3.63, 3.8) is 0 Å². The average molecular weight is 437 g/mol. The van der Waals surface area contributed by atoms with E-state index in [-0.39, 0.29) is 6.10 Å². The summed E-state index contributed by atoms with van der Waals surface area (Å²) in [4.78, 5) is 4.03. The van der Waals surface area contributed by atoms with Crippen molar-refractivity contribution in [3.8, 4) is 0 Å². The van der Waals surface area contributed by atoms with Crippen molar-refractivity contribution in [1.82, 2.24) is 9.21 Å². The minimum Gasteiger partial charge on any atom is -0.379 e. The molecule has 2 aliphatic heterocycles. The standard InChI is InChI=1S/C21H28N2O4S2/c24-29(25,23-8-11-26-12-9-23)21-7-1-4-18(14-21)15-22(16-19-5-2-10-27-19)17-20-6-3-13-28-20/h1,3-4,6-7,13-14,19H,2,5,8-12,15-17H2/t19-/m0/s1. The lowest BCUT2D eigenvalue weighted by atomic mass is 10.2. The maximum atomic E-state index is 13.0. The third kappa shape index (κ3) is 5.45. The minimum absolute atomic E-state index is 0.259. The summed E-state index contributed by atoms with van der Waals surface area (Å²) in [5, 5.41) is 2.09. The normalized spacial score (nSPS) is 21.1. The third-order valence-electron chi connectivity index (χ3n) is 5.36. The van der Waals surface area contributed by atoms with Crippen molar-refractivity contribution in [1.29, 1.82) is 0 Å². The molecule has 0 amide bonds. The highest BCUT2D eigenvalue weighted by Gasteiger charge is 2.27. The van der Waals surface area contributed by atoms with Crippen molar-refractivity contribution >= 4 is 21.4 Å². The van der Waals surface area contributed by atoms with Gasteiger partial charge in [-0.15, -0.1) is 11.3 Å². The van der Waals surface area contributed by atoms with E-state index in [0.717, 1.165) is 38.1 Å². The van der Waals surface area contributed by atoms with Gasteiger partial charge in [-0.2, -0.15) is 4.31 Å². The Morgan fingerprint density at radius 1 is 1.10 bits per heavy atom. The zero-order chi connectivity index (χ0) is 20.1. The van der Waals surface area contributed by atoms with Gasteiger partial charge in [-0.1, -0.05) is 18.2 Å². The van der Waals surface area contributed by atoms with Crippen molar-refractivity contribution in [3.05, 3.63) is 52.2 Å².